The first-order valence-corrected chi connectivity index (χ1v) is 7.92. The van der Waals surface area contributed by atoms with Gasteiger partial charge in [-0.3, -0.25) is 9.59 Å². The van der Waals surface area contributed by atoms with Crippen LogP contribution < -0.4 is 0 Å². The fourth-order valence-electron chi connectivity index (χ4n) is 3.68. The van der Waals surface area contributed by atoms with E-state index in [4.69, 9.17) is 9.47 Å². The van der Waals surface area contributed by atoms with Crippen molar-refractivity contribution in [2.75, 3.05) is 0 Å². The van der Waals surface area contributed by atoms with Crippen LogP contribution in [0.4, 0.5) is 0 Å². The molecule has 0 aliphatic heterocycles. The van der Waals surface area contributed by atoms with Gasteiger partial charge in [-0.2, -0.15) is 0 Å². The fraction of sp³-hybridized carbons (Fsp3) is 0.875. The van der Waals surface area contributed by atoms with Crippen LogP contribution in [0.25, 0.3) is 0 Å². The van der Waals surface area contributed by atoms with Gasteiger partial charge in [0.05, 0.1) is 24.4 Å². The molecular formula is C16H26O6. The molecule has 2 saturated carbocycles. The zero-order chi connectivity index (χ0) is 16.7. The number of ether oxygens (including phenoxy) is 2. The molecule has 0 heterocycles. The Kier molecular flexibility index (Phi) is 4.55. The molecule has 6 nitrogen and oxygen atoms in total. The second-order valence-corrected chi connectivity index (χ2v) is 7.19. The highest BCUT2D eigenvalue weighted by Gasteiger charge is 2.71. The van der Waals surface area contributed by atoms with Crippen molar-refractivity contribution >= 4 is 11.9 Å². The van der Waals surface area contributed by atoms with Crippen molar-refractivity contribution in [2.45, 2.75) is 77.8 Å². The molecule has 2 N–H and O–H groups in total. The van der Waals surface area contributed by atoms with Crippen LogP contribution in [0.5, 0.6) is 0 Å². The number of carbonyl (C=O) groups is 2. The van der Waals surface area contributed by atoms with Crippen LogP contribution in [0.2, 0.25) is 0 Å². The van der Waals surface area contributed by atoms with E-state index in [0.29, 0.717) is 12.8 Å². The van der Waals surface area contributed by atoms with Gasteiger partial charge in [-0.25, -0.2) is 0 Å². The lowest BCUT2D eigenvalue weighted by molar-refractivity contribution is -0.211. The Labute approximate surface area is 130 Å². The van der Waals surface area contributed by atoms with Crippen LogP contribution in [0, 0.1) is 10.8 Å². The van der Waals surface area contributed by atoms with Crippen molar-refractivity contribution in [1.82, 2.24) is 0 Å². The van der Waals surface area contributed by atoms with Crippen LogP contribution in [-0.2, 0) is 19.1 Å². The zero-order valence-electron chi connectivity index (χ0n) is 13.7. The molecule has 2 fully saturated rings. The molecule has 0 aromatic carbocycles. The van der Waals surface area contributed by atoms with E-state index in [1.54, 1.807) is 27.7 Å². The Bertz CT molecular complexity index is 414. The summed E-state index contributed by atoms with van der Waals surface area (Å²) in [5.41, 5.74) is -2.19. The lowest BCUT2D eigenvalue weighted by atomic mass is 9.50. The minimum absolute atomic E-state index is 0.0828. The highest BCUT2D eigenvalue weighted by atomic mass is 16.6. The minimum atomic E-state index is -1.40. The van der Waals surface area contributed by atoms with Crippen molar-refractivity contribution in [3.8, 4) is 0 Å². The molecule has 2 aliphatic carbocycles. The number of carbonyl (C=O) groups excluding carboxylic acids is 2. The molecule has 0 aromatic rings. The monoisotopic (exact) mass is 314 g/mol. The summed E-state index contributed by atoms with van der Waals surface area (Å²) in [4.78, 5) is 24.9. The van der Waals surface area contributed by atoms with Crippen molar-refractivity contribution in [1.29, 1.82) is 0 Å². The van der Waals surface area contributed by atoms with E-state index in [1.165, 1.54) is 0 Å². The summed E-state index contributed by atoms with van der Waals surface area (Å²) in [6.07, 6.45) is -0.953. The van der Waals surface area contributed by atoms with E-state index in [2.05, 4.69) is 0 Å². The summed E-state index contributed by atoms with van der Waals surface area (Å²) in [6.45, 7) is 6.86. The second kappa shape index (κ2) is 5.81. The van der Waals surface area contributed by atoms with Gasteiger partial charge in [0.15, 0.2) is 5.41 Å². The fourth-order valence-corrected chi connectivity index (χ4v) is 3.68. The maximum Gasteiger partial charge on any atom is 0.323 e. The van der Waals surface area contributed by atoms with Crippen molar-refractivity contribution in [2.24, 2.45) is 10.8 Å². The Hall–Kier alpha value is -1.14. The average Bonchev–Trinajstić information content (AvgIpc) is 2.61. The maximum absolute atomic E-state index is 12.4. The van der Waals surface area contributed by atoms with E-state index in [0.717, 1.165) is 0 Å². The van der Waals surface area contributed by atoms with Gasteiger partial charge < -0.3 is 19.7 Å². The van der Waals surface area contributed by atoms with Gasteiger partial charge in [0, 0.05) is 5.41 Å². The third kappa shape index (κ3) is 2.63. The molecule has 2 unspecified atom stereocenters. The van der Waals surface area contributed by atoms with Crippen LogP contribution in [0.15, 0.2) is 0 Å². The lowest BCUT2D eigenvalue weighted by Crippen LogP contribution is -2.63. The average molecular weight is 314 g/mol. The smallest absolute Gasteiger partial charge is 0.323 e. The normalized spacial score (nSPS) is 28.7. The highest BCUT2D eigenvalue weighted by Crippen LogP contribution is 2.63. The van der Waals surface area contributed by atoms with Crippen LogP contribution in [-0.4, -0.2) is 46.6 Å². The van der Waals surface area contributed by atoms with Gasteiger partial charge >= 0.3 is 11.9 Å². The van der Waals surface area contributed by atoms with Crippen molar-refractivity contribution in [3.63, 3.8) is 0 Å². The van der Waals surface area contributed by atoms with E-state index in [1.807, 2.05) is 0 Å². The molecule has 2 aliphatic rings. The Morgan fingerprint density at radius 1 is 0.909 bits per heavy atom. The number of aliphatic hydroxyl groups excluding tert-OH is 2. The lowest BCUT2D eigenvalue weighted by Gasteiger charge is -2.54. The zero-order valence-corrected chi connectivity index (χ0v) is 13.7. The predicted octanol–water partition coefficient (Wildman–Crippen LogP) is 1.17. The number of rotatable bonds is 4. The van der Waals surface area contributed by atoms with Crippen LogP contribution in [0.3, 0.4) is 0 Å². The number of aliphatic hydroxyl groups is 2. The third-order valence-electron chi connectivity index (χ3n) is 4.77. The van der Waals surface area contributed by atoms with Crippen molar-refractivity contribution < 1.29 is 29.3 Å². The molecular weight excluding hydrogens is 288 g/mol. The summed E-state index contributed by atoms with van der Waals surface area (Å²) in [5, 5.41) is 20.3. The molecule has 2 rings (SSSR count). The summed E-state index contributed by atoms with van der Waals surface area (Å²) in [6, 6.07) is 0. The molecule has 6 heteroatoms. The van der Waals surface area contributed by atoms with E-state index >= 15 is 0 Å². The van der Waals surface area contributed by atoms with E-state index in [-0.39, 0.29) is 25.0 Å². The van der Waals surface area contributed by atoms with Gasteiger partial charge in [0.2, 0.25) is 0 Å². The molecule has 0 radical (unpaired) electrons. The van der Waals surface area contributed by atoms with Gasteiger partial charge in [0.1, 0.15) is 0 Å². The molecule has 0 saturated heterocycles. The molecule has 2 atom stereocenters. The van der Waals surface area contributed by atoms with Gasteiger partial charge in [-0.15, -0.1) is 0 Å². The van der Waals surface area contributed by atoms with E-state index in [9.17, 15) is 19.8 Å². The molecule has 22 heavy (non-hydrogen) atoms. The number of hydrogen-bond acceptors (Lipinski definition) is 6. The first-order valence-electron chi connectivity index (χ1n) is 7.92. The molecule has 126 valence electrons. The quantitative estimate of drug-likeness (QED) is 0.598. The Balaban J connectivity index is 2.23. The van der Waals surface area contributed by atoms with Gasteiger partial charge in [-0.05, 0) is 53.4 Å². The van der Waals surface area contributed by atoms with Gasteiger partial charge in [0.25, 0.3) is 0 Å². The molecule has 0 amide bonds. The Morgan fingerprint density at radius 2 is 1.27 bits per heavy atom. The summed E-state index contributed by atoms with van der Waals surface area (Å²) in [5.74, 6) is -1.24. The molecule has 0 aromatic heterocycles. The minimum Gasteiger partial charge on any atom is -0.462 e. The maximum atomic E-state index is 12.4. The summed E-state index contributed by atoms with van der Waals surface area (Å²) >= 11 is 0. The molecule has 1 spiro atoms. The number of esters is 2. The first kappa shape index (κ1) is 17.2. The largest absolute Gasteiger partial charge is 0.462 e. The third-order valence-corrected chi connectivity index (χ3v) is 4.77. The van der Waals surface area contributed by atoms with Crippen molar-refractivity contribution in [3.05, 3.63) is 0 Å². The van der Waals surface area contributed by atoms with Gasteiger partial charge in [-0.1, -0.05) is 0 Å². The molecule has 0 bridgehead atoms. The summed E-state index contributed by atoms with van der Waals surface area (Å²) in [7, 11) is 0. The standard InChI is InChI=1S/C16H26O6/c1-9(2)21-13(19)16(14(20)22-10(3)4)7-15(8-16)11(17)5-6-12(15)18/h9-12,17-18H,5-8H2,1-4H3. The number of hydrogen-bond donors (Lipinski definition) is 2. The Morgan fingerprint density at radius 3 is 1.59 bits per heavy atom. The second-order valence-electron chi connectivity index (χ2n) is 7.19. The van der Waals surface area contributed by atoms with E-state index < -0.39 is 35.0 Å². The topological polar surface area (TPSA) is 93.1 Å². The first-order chi connectivity index (χ1) is 10.1. The van der Waals surface area contributed by atoms with Crippen LogP contribution in [0.1, 0.15) is 53.4 Å². The summed E-state index contributed by atoms with van der Waals surface area (Å²) < 4.78 is 10.5. The highest BCUT2D eigenvalue weighted by molar-refractivity contribution is 6.01. The predicted molar refractivity (Wildman–Crippen MR) is 77.8 cm³/mol. The SMILES string of the molecule is CC(C)OC(=O)C1(C(=O)OC(C)C)CC2(C1)C(O)CCC2O. The van der Waals surface area contributed by atoms with Crippen LogP contribution >= 0.6 is 0 Å².